The van der Waals surface area contributed by atoms with Crippen LogP contribution in [-0.2, 0) is 4.79 Å². The first kappa shape index (κ1) is 21.6. The highest BCUT2D eigenvalue weighted by atomic mass is 35.5. The molecule has 2 unspecified atom stereocenters. The van der Waals surface area contributed by atoms with E-state index >= 15 is 0 Å². The minimum absolute atomic E-state index is 0.335. The molecule has 0 amide bonds. The van der Waals surface area contributed by atoms with Crippen LogP contribution in [0.1, 0.15) is 12.0 Å². The number of carbonyl (C=O) groups excluding carboxylic acids is 1. The fourth-order valence-corrected chi connectivity index (χ4v) is 5.51. The first-order valence-corrected chi connectivity index (χ1v) is 11.9. The standard InChI is InChI=1S/C23H25Cl2N3OS/c1-26-17-8-9-27(14-17)21-5-3-2-4-16(21)12-23-22(15-29)28(10-11-30-23)18-6-7-19(24)20(25)13-18/h2-7,12-13,15,17,22,26H,8-11,14H2,1H3. The van der Waals surface area contributed by atoms with Gasteiger partial charge in [0.2, 0.25) is 0 Å². The Balaban J connectivity index is 1.65. The van der Waals surface area contributed by atoms with E-state index < -0.39 is 0 Å². The van der Waals surface area contributed by atoms with E-state index in [1.54, 1.807) is 17.8 Å². The molecule has 2 atom stereocenters. The topological polar surface area (TPSA) is 35.6 Å². The molecule has 2 aromatic rings. The minimum Gasteiger partial charge on any atom is -0.369 e. The van der Waals surface area contributed by atoms with Crippen LogP contribution in [0.15, 0.2) is 47.4 Å². The number of hydrogen-bond donors (Lipinski definition) is 1. The zero-order chi connectivity index (χ0) is 21.1. The predicted octanol–water partition coefficient (Wildman–Crippen LogP) is 4.95. The van der Waals surface area contributed by atoms with Gasteiger partial charge in [0.05, 0.1) is 10.0 Å². The molecule has 2 heterocycles. The van der Waals surface area contributed by atoms with Crippen molar-refractivity contribution in [1.29, 1.82) is 0 Å². The van der Waals surface area contributed by atoms with E-state index in [1.165, 1.54) is 5.69 Å². The van der Waals surface area contributed by atoms with Crippen molar-refractivity contribution in [2.45, 2.75) is 18.5 Å². The molecule has 2 aromatic carbocycles. The largest absolute Gasteiger partial charge is 0.369 e. The number of anilines is 2. The zero-order valence-electron chi connectivity index (χ0n) is 16.9. The van der Waals surface area contributed by atoms with Crippen molar-refractivity contribution in [3.8, 4) is 0 Å². The molecule has 158 valence electrons. The number of likely N-dealkylation sites (N-methyl/N-ethyl adjacent to an activating group) is 1. The van der Waals surface area contributed by atoms with Gasteiger partial charge in [0.1, 0.15) is 12.3 Å². The Hall–Kier alpha value is -1.66. The first-order valence-electron chi connectivity index (χ1n) is 10.1. The smallest absolute Gasteiger partial charge is 0.147 e. The highest BCUT2D eigenvalue weighted by molar-refractivity contribution is 8.03. The average Bonchev–Trinajstić information content (AvgIpc) is 3.25. The molecule has 4 nitrogen and oxygen atoms in total. The summed E-state index contributed by atoms with van der Waals surface area (Å²) >= 11 is 14.1. The maximum atomic E-state index is 12.1. The van der Waals surface area contributed by atoms with Gasteiger partial charge in [0, 0.05) is 47.7 Å². The van der Waals surface area contributed by atoms with Crippen molar-refractivity contribution in [3.63, 3.8) is 0 Å². The van der Waals surface area contributed by atoms with E-state index in [-0.39, 0.29) is 6.04 Å². The van der Waals surface area contributed by atoms with Crippen LogP contribution in [0.5, 0.6) is 0 Å². The summed E-state index contributed by atoms with van der Waals surface area (Å²) in [5.74, 6) is 0.907. The molecule has 2 saturated heterocycles. The van der Waals surface area contributed by atoms with Crippen LogP contribution in [0.2, 0.25) is 10.0 Å². The number of para-hydroxylation sites is 1. The number of halogens is 2. The molecule has 2 aliphatic heterocycles. The lowest BCUT2D eigenvalue weighted by molar-refractivity contribution is -0.108. The predicted molar refractivity (Wildman–Crippen MR) is 130 cm³/mol. The van der Waals surface area contributed by atoms with Crippen LogP contribution < -0.4 is 15.1 Å². The van der Waals surface area contributed by atoms with E-state index in [2.05, 4.69) is 45.5 Å². The summed E-state index contributed by atoms with van der Waals surface area (Å²) in [4.78, 5) is 17.7. The molecule has 0 aromatic heterocycles. The second-order valence-corrected chi connectivity index (χ2v) is 9.53. The SMILES string of the molecule is CNC1CCN(c2ccccc2C=C2SCCN(c3ccc(Cl)c(Cl)c3)C2C=O)C1. The van der Waals surface area contributed by atoms with Crippen LogP contribution in [0.3, 0.4) is 0 Å². The van der Waals surface area contributed by atoms with E-state index in [0.717, 1.165) is 54.3 Å². The zero-order valence-corrected chi connectivity index (χ0v) is 19.2. The molecule has 2 aliphatic rings. The van der Waals surface area contributed by atoms with Gasteiger partial charge in [-0.15, -0.1) is 11.8 Å². The Morgan fingerprint density at radius 3 is 2.70 bits per heavy atom. The number of rotatable bonds is 5. The van der Waals surface area contributed by atoms with E-state index in [0.29, 0.717) is 16.1 Å². The monoisotopic (exact) mass is 461 g/mol. The highest BCUT2D eigenvalue weighted by Crippen LogP contribution is 2.37. The number of aldehydes is 1. The van der Waals surface area contributed by atoms with Gasteiger partial charge in [0.25, 0.3) is 0 Å². The molecule has 0 radical (unpaired) electrons. The molecular weight excluding hydrogens is 437 g/mol. The number of thioether (sulfide) groups is 1. The van der Waals surface area contributed by atoms with E-state index in [1.807, 2.05) is 19.2 Å². The van der Waals surface area contributed by atoms with Gasteiger partial charge >= 0.3 is 0 Å². The van der Waals surface area contributed by atoms with Crippen molar-refractivity contribution in [2.75, 3.05) is 42.2 Å². The van der Waals surface area contributed by atoms with Crippen molar-refractivity contribution >= 4 is 58.7 Å². The number of nitrogens with zero attached hydrogens (tertiary/aromatic N) is 2. The molecule has 4 rings (SSSR count). The Kier molecular flexibility index (Phi) is 6.94. The van der Waals surface area contributed by atoms with E-state index in [9.17, 15) is 4.79 Å². The van der Waals surface area contributed by atoms with Crippen molar-refractivity contribution in [1.82, 2.24) is 5.32 Å². The quantitative estimate of drug-likeness (QED) is 0.636. The van der Waals surface area contributed by atoms with Gasteiger partial charge in [0.15, 0.2) is 0 Å². The molecule has 0 saturated carbocycles. The number of hydrogen-bond acceptors (Lipinski definition) is 5. The second-order valence-electron chi connectivity index (χ2n) is 7.55. The summed E-state index contributed by atoms with van der Waals surface area (Å²) in [5, 5.41) is 4.40. The molecule has 0 aliphatic carbocycles. The maximum absolute atomic E-state index is 12.1. The molecular formula is C23H25Cl2N3OS. The lowest BCUT2D eigenvalue weighted by Crippen LogP contribution is -2.42. The highest BCUT2D eigenvalue weighted by Gasteiger charge is 2.28. The first-order chi connectivity index (χ1) is 14.6. The Labute approximate surface area is 192 Å². The van der Waals surface area contributed by atoms with Crippen molar-refractivity contribution in [3.05, 3.63) is 63.0 Å². The third-order valence-electron chi connectivity index (χ3n) is 5.76. The lowest BCUT2D eigenvalue weighted by Gasteiger charge is -2.36. The molecule has 30 heavy (non-hydrogen) atoms. The van der Waals surface area contributed by atoms with Crippen LogP contribution in [0.4, 0.5) is 11.4 Å². The average molecular weight is 462 g/mol. The van der Waals surface area contributed by atoms with Gasteiger partial charge in [-0.25, -0.2) is 0 Å². The van der Waals surface area contributed by atoms with Crippen molar-refractivity contribution < 1.29 is 4.79 Å². The molecule has 1 N–H and O–H groups in total. The Morgan fingerprint density at radius 1 is 1.13 bits per heavy atom. The number of nitrogens with one attached hydrogen (secondary N) is 1. The lowest BCUT2D eigenvalue weighted by atomic mass is 10.1. The summed E-state index contributed by atoms with van der Waals surface area (Å²) in [5.41, 5.74) is 3.29. The van der Waals surface area contributed by atoms with Crippen LogP contribution >= 0.6 is 35.0 Å². The van der Waals surface area contributed by atoms with Crippen LogP contribution in [0, 0.1) is 0 Å². The number of benzene rings is 2. The van der Waals surface area contributed by atoms with Gasteiger partial charge < -0.3 is 19.9 Å². The summed E-state index contributed by atoms with van der Waals surface area (Å²) in [6.45, 7) is 2.81. The van der Waals surface area contributed by atoms with E-state index in [4.69, 9.17) is 23.2 Å². The summed E-state index contributed by atoms with van der Waals surface area (Å²) in [7, 11) is 2.02. The summed E-state index contributed by atoms with van der Waals surface area (Å²) < 4.78 is 0. The van der Waals surface area contributed by atoms with Crippen LogP contribution in [-0.4, -0.2) is 50.8 Å². The normalized spacial score (nSPS) is 23.2. The Morgan fingerprint density at radius 2 is 1.97 bits per heavy atom. The Bertz CT molecular complexity index is 952. The minimum atomic E-state index is -0.335. The van der Waals surface area contributed by atoms with Crippen molar-refractivity contribution in [2.24, 2.45) is 0 Å². The summed E-state index contributed by atoms with van der Waals surface area (Å²) in [6.07, 6.45) is 4.34. The van der Waals surface area contributed by atoms with Gasteiger partial charge in [-0.2, -0.15) is 0 Å². The van der Waals surface area contributed by atoms with Gasteiger partial charge in [-0.05, 0) is 49.4 Å². The van der Waals surface area contributed by atoms with Gasteiger partial charge in [-0.3, -0.25) is 0 Å². The second kappa shape index (κ2) is 9.65. The maximum Gasteiger partial charge on any atom is 0.147 e. The fraction of sp³-hybridized carbons (Fsp3) is 0.348. The third kappa shape index (κ3) is 4.50. The summed E-state index contributed by atoms with van der Waals surface area (Å²) in [6, 6.07) is 14.2. The van der Waals surface area contributed by atoms with Gasteiger partial charge in [-0.1, -0.05) is 41.4 Å². The molecule has 7 heteroatoms. The molecule has 2 fully saturated rings. The van der Waals surface area contributed by atoms with Crippen LogP contribution in [0.25, 0.3) is 6.08 Å². The number of carbonyl (C=O) groups is 1. The molecule has 0 bridgehead atoms. The molecule has 0 spiro atoms. The fourth-order valence-electron chi connectivity index (χ4n) is 4.13. The third-order valence-corrected chi connectivity index (χ3v) is 7.58.